The second-order valence-electron chi connectivity index (χ2n) is 5.81. The SMILES string of the molecule is NS(=O)(=O)c1cc(N[C@@H]2CCCc3ccccc32)cc([N+](=O)[O-])c1. The van der Waals surface area contributed by atoms with Gasteiger partial charge in [0.1, 0.15) is 0 Å². The quantitative estimate of drug-likeness (QED) is 0.652. The monoisotopic (exact) mass is 347 g/mol. The summed E-state index contributed by atoms with van der Waals surface area (Å²) in [6, 6.07) is 11.6. The summed E-state index contributed by atoms with van der Waals surface area (Å²) in [5.41, 5.74) is 2.42. The molecule has 3 rings (SSSR count). The summed E-state index contributed by atoms with van der Waals surface area (Å²) in [7, 11) is -4.03. The smallest absolute Gasteiger partial charge is 0.272 e. The zero-order valence-corrected chi connectivity index (χ0v) is 13.6. The van der Waals surface area contributed by atoms with Crippen molar-refractivity contribution in [1.29, 1.82) is 0 Å². The molecule has 0 radical (unpaired) electrons. The molecule has 7 nitrogen and oxygen atoms in total. The van der Waals surface area contributed by atoms with Gasteiger partial charge >= 0.3 is 0 Å². The Hall–Kier alpha value is -2.45. The maximum atomic E-state index is 11.6. The first-order valence-corrected chi connectivity index (χ1v) is 9.06. The molecule has 0 saturated heterocycles. The van der Waals surface area contributed by atoms with Crippen LogP contribution in [0.15, 0.2) is 47.4 Å². The average Bonchev–Trinajstić information content (AvgIpc) is 2.54. The molecule has 0 aromatic heterocycles. The van der Waals surface area contributed by atoms with Crippen LogP contribution < -0.4 is 10.5 Å². The lowest BCUT2D eigenvalue weighted by Crippen LogP contribution is -2.18. The van der Waals surface area contributed by atoms with Crippen LogP contribution in [0.3, 0.4) is 0 Å². The predicted octanol–water partition coefficient (Wildman–Crippen LogP) is 2.73. The molecule has 0 heterocycles. The van der Waals surface area contributed by atoms with Crippen molar-refractivity contribution in [2.75, 3.05) is 5.32 Å². The molecule has 8 heteroatoms. The van der Waals surface area contributed by atoms with E-state index < -0.39 is 14.9 Å². The molecule has 0 spiro atoms. The maximum absolute atomic E-state index is 11.6. The number of rotatable bonds is 4. The van der Waals surface area contributed by atoms with Gasteiger partial charge in [-0.15, -0.1) is 0 Å². The summed E-state index contributed by atoms with van der Waals surface area (Å²) in [6.45, 7) is 0. The third-order valence-electron chi connectivity index (χ3n) is 4.14. The Balaban J connectivity index is 1.99. The van der Waals surface area contributed by atoms with Crippen molar-refractivity contribution in [1.82, 2.24) is 0 Å². The van der Waals surface area contributed by atoms with Crippen LogP contribution in [0.5, 0.6) is 0 Å². The van der Waals surface area contributed by atoms with E-state index in [2.05, 4.69) is 11.4 Å². The Morgan fingerprint density at radius 2 is 1.96 bits per heavy atom. The molecular weight excluding hydrogens is 330 g/mol. The van der Waals surface area contributed by atoms with Gasteiger partial charge in [0.05, 0.1) is 15.9 Å². The van der Waals surface area contributed by atoms with Gasteiger partial charge in [0, 0.05) is 17.8 Å². The Kier molecular flexibility index (Phi) is 4.25. The van der Waals surface area contributed by atoms with E-state index >= 15 is 0 Å². The number of non-ortho nitro benzene ring substituents is 1. The fraction of sp³-hybridized carbons (Fsp3) is 0.250. The largest absolute Gasteiger partial charge is 0.378 e. The first kappa shape index (κ1) is 16.4. The minimum Gasteiger partial charge on any atom is -0.378 e. The average molecular weight is 347 g/mol. The van der Waals surface area contributed by atoms with Crippen LogP contribution in [0.25, 0.3) is 0 Å². The first-order chi connectivity index (χ1) is 11.3. The number of nitro benzene ring substituents is 1. The number of fused-ring (bicyclic) bond motifs is 1. The molecule has 0 saturated carbocycles. The Morgan fingerprint density at radius 3 is 2.67 bits per heavy atom. The molecule has 2 aromatic rings. The Labute approximate surface area is 139 Å². The summed E-state index contributed by atoms with van der Waals surface area (Å²) in [5.74, 6) is 0. The first-order valence-electron chi connectivity index (χ1n) is 7.51. The Bertz CT molecular complexity index is 896. The second-order valence-corrected chi connectivity index (χ2v) is 7.37. The molecule has 1 aliphatic rings. The van der Waals surface area contributed by atoms with Gasteiger partial charge in [0.15, 0.2) is 0 Å². The topological polar surface area (TPSA) is 115 Å². The van der Waals surface area contributed by atoms with Crippen molar-refractivity contribution < 1.29 is 13.3 Å². The van der Waals surface area contributed by atoms with Gasteiger partial charge < -0.3 is 5.32 Å². The van der Waals surface area contributed by atoms with Gasteiger partial charge in [-0.1, -0.05) is 24.3 Å². The van der Waals surface area contributed by atoms with Gasteiger partial charge in [0.2, 0.25) is 10.0 Å². The fourth-order valence-corrected chi connectivity index (χ4v) is 3.62. The molecule has 0 unspecified atom stereocenters. The van der Waals surface area contributed by atoms with Crippen molar-refractivity contribution in [2.24, 2.45) is 5.14 Å². The van der Waals surface area contributed by atoms with Gasteiger partial charge in [-0.3, -0.25) is 10.1 Å². The van der Waals surface area contributed by atoms with Crippen LogP contribution in [0.1, 0.15) is 30.0 Å². The van der Waals surface area contributed by atoms with Crippen LogP contribution in [-0.2, 0) is 16.4 Å². The third-order valence-corrected chi connectivity index (χ3v) is 5.03. The summed E-state index contributed by atoms with van der Waals surface area (Å²) >= 11 is 0. The number of nitro groups is 1. The molecule has 0 aliphatic heterocycles. The number of aryl methyl sites for hydroxylation is 1. The number of sulfonamides is 1. The summed E-state index contributed by atoms with van der Waals surface area (Å²) in [4.78, 5) is 10.2. The van der Waals surface area contributed by atoms with Gasteiger partial charge in [-0.05, 0) is 36.5 Å². The second kappa shape index (κ2) is 6.21. The summed E-state index contributed by atoms with van der Waals surface area (Å²) in [6.07, 6.45) is 2.85. The van der Waals surface area contributed by atoms with E-state index in [-0.39, 0.29) is 16.6 Å². The molecule has 1 atom stereocenters. The Morgan fingerprint density at radius 1 is 1.21 bits per heavy atom. The number of anilines is 1. The van der Waals surface area contributed by atoms with Crippen molar-refractivity contribution in [3.05, 3.63) is 63.7 Å². The molecule has 3 N–H and O–H groups in total. The third kappa shape index (κ3) is 3.39. The lowest BCUT2D eigenvalue weighted by atomic mass is 9.87. The number of hydrogen-bond acceptors (Lipinski definition) is 5. The fourth-order valence-electron chi connectivity index (χ4n) is 3.04. The van der Waals surface area contributed by atoms with E-state index in [1.165, 1.54) is 17.7 Å². The number of nitrogens with two attached hydrogens (primary N) is 1. The molecule has 2 aromatic carbocycles. The van der Waals surface area contributed by atoms with E-state index in [9.17, 15) is 18.5 Å². The highest BCUT2D eigenvalue weighted by molar-refractivity contribution is 7.89. The number of nitrogens with zero attached hydrogens (tertiary/aromatic N) is 1. The molecule has 0 fully saturated rings. The van der Waals surface area contributed by atoms with Crippen LogP contribution >= 0.6 is 0 Å². The van der Waals surface area contributed by atoms with Crippen LogP contribution in [-0.4, -0.2) is 13.3 Å². The van der Waals surface area contributed by atoms with E-state index in [1.54, 1.807) is 0 Å². The van der Waals surface area contributed by atoms with Crippen molar-refractivity contribution in [2.45, 2.75) is 30.2 Å². The summed E-state index contributed by atoms with van der Waals surface area (Å²) in [5, 5.41) is 19.4. The number of benzene rings is 2. The highest BCUT2D eigenvalue weighted by Gasteiger charge is 2.22. The van der Waals surface area contributed by atoms with E-state index in [0.29, 0.717) is 5.69 Å². The highest BCUT2D eigenvalue weighted by Crippen LogP contribution is 2.34. The van der Waals surface area contributed by atoms with E-state index in [0.717, 1.165) is 30.9 Å². The van der Waals surface area contributed by atoms with Gasteiger partial charge in [0.25, 0.3) is 5.69 Å². The molecular formula is C16H17N3O4S. The zero-order valence-electron chi connectivity index (χ0n) is 12.8. The van der Waals surface area contributed by atoms with Crippen LogP contribution in [0.2, 0.25) is 0 Å². The summed E-state index contributed by atoms with van der Waals surface area (Å²) < 4.78 is 23.2. The van der Waals surface area contributed by atoms with Crippen molar-refractivity contribution in [3.8, 4) is 0 Å². The molecule has 0 amide bonds. The molecule has 1 aliphatic carbocycles. The van der Waals surface area contributed by atoms with E-state index in [1.807, 2.05) is 18.2 Å². The minimum absolute atomic E-state index is 0.0229. The number of nitrogens with one attached hydrogen (secondary N) is 1. The predicted molar refractivity (Wildman–Crippen MR) is 90.2 cm³/mol. The number of primary sulfonamides is 1. The van der Waals surface area contributed by atoms with Crippen molar-refractivity contribution >= 4 is 21.4 Å². The maximum Gasteiger partial charge on any atom is 0.272 e. The molecule has 24 heavy (non-hydrogen) atoms. The molecule has 126 valence electrons. The highest BCUT2D eigenvalue weighted by atomic mass is 32.2. The van der Waals surface area contributed by atoms with Gasteiger partial charge in [-0.25, -0.2) is 13.6 Å². The lowest BCUT2D eigenvalue weighted by Gasteiger charge is -2.27. The van der Waals surface area contributed by atoms with Crippen LogP contribution in [0, 0.1) is 10.1 Å². The lowest BCUT2D eigenvalue weighted by molar-refractivity contribution is -0.385. The van der Waals surface area contributed by atoms with E-state index in [4.69, 9.17) is 5.14 Å². The van der Waals surface area contributed by atoms with Crippen molar-refractivity contribution in [3.63, 3.8) is 0 Å². The van der Waals surface area contributed by atoms with Gasteiger partial charge in [-0.2, -0.15) is 0 Å². The number of hydrogen-bond donors (Lipinski definition) is 2. The normalized spacial score (nSPS) is 17.1. The standard InChI is InChI=1S/C16H17N3O4S/c17-24(22,23)14-9-12(8-13(10-14)19(20)21)18-16-7-3-5-11-4-1-2-6-15(11)16/h1-2,4,6,8-10,16,18H,3,5,7H2,(H2,17,22,23)/t16-/m1/s1. The van der Waals surface area contributed by atoms with Crippen LogP contribution in [0.4, 0.5) is 11.4 Å². The minimum atomic E-state index is -4.03. The zero-order chi connectivity index (χ0) is 17.3. The molecule has 0 bridgehead atoms.